The average molecular weight is 282 g/mol. The van der Waals surface area contributed by atoms with Gasteiger partial charge < -0.3 is 11.1 Å². The molecular formula is C15H18N6. The number of nitrogens with two attached hydrogens (primary N) is 1. The van der Waals surface area contributed by atoms with Gasteiger partial charge in [0.15, 0.2) is 5.65 Å². The molecule has 21 heavy (non-hydrogen) atoms. The zero-order chi connectivity index (χ0) is 14.8. The second-order valence-electron chi connectivity index (χ2n) is 5.08. The highest BCUT2D eigenvalue weighted by Crippen LogP contribution is 2.22. The summed E-state index contributed by atoms with van der Waals surface area (Å²) in [6.45, 7) is 5.37. The van der Waals surface area contributed by atoms with E-state index in [0.717, 1.165) is 22.5 Å². The first kappa shape index (κ1) is 13.5. The van der Waals surface area contributed by atoms with Crippen molar-refractivity contribution >= 4 is 16.9 Å². The predicted molar refractivity (Wildman–Crippen MR) is 83.7 cm³/mol. The predicted octanol–water partition coefficient (Wildman–Crippen LogP) is 1.80. The summed E-state index contributed by atoms with van der Waals surface area (Å²) in [7, 11) is 0. The van der Waals surface area contributed by atoms with Crippen LogP contribution in [0.3, 0.4) is 0 Å². The number of anilines is 1. The van der Waals surface area contributed by atoms with Crippen LogP contribution in [0.15, 0.2) is 30.7 Å². The fourth-order valence-electron chi connectivity index (χ4n) is 2.44. The van der Waals surface area contributed by atoms with Crippen molar-refractivity contribution < 1.29 is 0 Å². The van der Waals surface area contributed by atoms with Gasteiger partial charge in [-0.2, -0.15) is 5.10 Å². The van der Waals surface area contributed by atoms with Crippen molar-refractivity contribution in [3.05, 3.63) is 41.9 Å². The van der Waals surface area contributed by atoms with Crippen LogP contribution in [0.4, 0.5) is 5.82 Å². The Morgan fingerprint density at radius 2 is 1.90 bits per heavy atom. The molecule has 0 aliphatic heterocycles. The minimum Gasteiger partial charge on any atom is -0.368 e. The maximum atomic E-state index is 5.52. The molecule has 3 rings (SSSR count). The van der Waals surface area contributed by atoms with Gasteiger partial charge in [0.2, 0.25) is 0 Å². The van der Waals surface area contributed by atoms with Crippen LogP contribution in [0, 0.1) is 13.8 Å². The van der Waals surface area contributed by atoms with Crippen molar-refractivity contribution in [3.8, 4) is 5.69 Å². The number of hydrogen-bond acceptors (Lipinski definition) is 5. The standard InChI is InChI=1S/C15H18N6/c1-10-5-11(2)7-12(6-10)21-15-13(8-20-21)14(17-4-3-16)18-9-19-15/h5-9H,3-4,16H2,1-2H3,(H,17,18,19). The van der Waals surface area contributed by atoms with Crippen LogP contribution in [0.25, 0.3) is 16.7 Å². The number of aryl methyl sites for hydroxylation is 2. The Morgan fingerprint density at radius 3 is 2.62 bits per heavy atom. The third-order valence-corrected chi connectivity index (χ3v) is 3.25. The van der Waals surface area contributed by atoms with Crippen LogP contribution >= 0.6 is 0 Å². The molecule has 0 radical (unpaired) electrons. The minimum atomic E-state index is 0.552. The lowest BCUT2D eigenvalue weighted by molar-refractivity contribution is 0.892. The Balaban J connectivity index is 2.12. The van der Waals surface area contributed by atoms with E-state index < -0.39 is 0 Å². The van der Waals surface area contributed by atoms with E-state index in [9.17, 15) is 0 Å². The number of aromatic nitrogens is 4. The normalized spacial score (nSPS) is 11.0. The quantitative estimate of drug-likeness (QED) is 0.762. The van der Waals surface area contributed by atoms with Gasteiger partial charge in [0.1, 0.15) is 12.1 Å². The molecule has 0 saturated carbocycles. The molecular weight excluding hydrogens is 264 g/mol. The molecule has 0 atom stereocenters. The van der Waals surface area contributed by atoms with Crippen molar-refractivity contribution in [2.75, 3.05) is 18.4 Å². The van der Waals surface area contributed by atoms with Crippen LogP contribution < -0.4 is 11.1 Å². The Hall–Kier alpha value is -2.47. The van der Waals surface area contributed by atoms with Gasteiger partial charge in [-0.1, -0.05) is 6.07 Å². The maximum absolute atomic E-state index is 5.52. The van der Waals surface area contributed by atoms with E-state index >= 15 is 0 Å². The highest BCUT2D eigenvalue weighted by molar-refractivity contribution is 5.87. The van der Waals surface area contributed by atoms with Crippen molar-refractivity contribution in [3.63, 3.8) is 0 Å². The summed E-state index contributed by atoms with van der Waals surface area (Å²) in [4.78, 5) is 8.62. The van der Waals surface area contributed by atoms with Gasteiger partial charge in [0.05, 0.1) is 17.3 Å². The van der Waals surface area contributed by atoms with Crippen LogP contribution in [0.1, 0.15) is 11.1 Å². The first-order chi connectivity index (χ1) is 10.2. The third-order valence-electron chi connectivity index (χ3n) is 3.25. The number of nitrogens with one attached hydrogen (secondary N) is 1. The van der Waals surface area contributed by atoms with Crippen LogP contribution in [0.5, 0.6) is 0 Å². The number of rotatable bonds is 4. The zero-order valence-corrected chi connectivity index (χ0v) is 12.2. The molecule has 3 N–H and O–H groups in total. The molecule has 0 aliphatic rings. The molecule has 0 saturated heterocycles. The molecule has 6 heteroatoms. The van der Waals surface area contributed by atoms with Gasteiger partial charge in [-0.05, 0) is 37.1 Å². The minimum absolute atomic E-state index is 0.552. The lowest BCUT2D eigenvalue weighted by atomic mass is 10.1. The topological polar surface area (TPSA) is 81.7 Å². The molecule has 3 aromatic rings. The molecule has 1 aromatic carbocycles. The molecule has 0 aliphatic carbocycles. The summed E-state index contributed by atoms with van der Waals surface area (Å²) in [6.07, 6.45) is 3.33. The van der Waals surface area contributed by atoms with E-state index in [1.54, 1.807) is 12.5 Å². The molecule has 0 fully saturated rings. The van der Waals surface area contributed by atoms with Gasteiger partial charge in [0, 0.05) is 13.1 Å². The third kappa shape index (κ3) is 2.57. The number of benzene rings is 1. The molecule has 0 unspecified atom stereocenters. The van der Waals surface area contributed by atoms with E-state index in [1.165, 1.54) is 11.1 Å². The lowest BCUT2D eigenvalue weighted by Gasteiger charge is -2.07. The first-order valence-electron chi connectivity index (χ1n) is 6.90. The lowest BCUT2D eigenvalue weighted by Crippen LogP contribution is -2.14. The highest BCUT2D eigenvalue weighted by Gasteiger charge is 2.11. The summed E-state index contributed by atoms with van der Waals surface area (Å²) >= 11 is 0. The summed E-state index contributed by atoms with van der Waals surface area (Å²) in [6, 6.07) is 6.32. The fourth-order valence-corrected chi connectivity index (χ4v) is 2.44. The SMILES string of the molecule is Cc1cc(C)cc(-n2ncc3c(NCCN)ncnc32)c1. The van der Waals surface area contributed by atoms with E-state index in [0.29, 0.717) is 13.1 Å². The van der Waals surface area contributed by atoms with E-state index in [2.05, 4.69) is 52.4 Å². The molecule has 0 spiro atoms. The van der Waals surface area contributed by atoms with Gasteiger partial charge in [0.25, 0.3) is 0 Å². The van der Waals surface area contributed by atoms with Crippen LogP contribution in [0.2, 0.25) is 0 Å². The Bertz CT molecular complexity index is 757. The Morgan fingerprint density at radius 1 is 1.14 bits per heavy atom. The average Bonchev–Trinajstić information content (AvgIpc) is 2.88. The molecule has 2 heterocycles. The van der Waals surface area contributed by atoms with Gasteiger partial charge in [-0.25, -0.2) is 14.6 Å². The largest absolute Gasteiger partial charge is 0.368 e. The smallest absolute Gasteiger partial charge is 0.168 e. The summed E-state index contributed by atoms with van der Waals surface area (Å²) < 4.78 is 1.84. The summed E-state index contributed by atoms with van der Waals surface area (Å²) in [5.41, 5.74) is 9.71. The molecule has 108 valence electrons. The second kappa shape index (κ2) is 5.49. The van der Waals surface area contributed by atoms with Gasteiger partial charge in [-0.3, -0.25) is 0 Å². The van der Waals surface area contributed by atoms with Crippen molar-refractivity contribution in [1.29, 1.82) is 0 Å². The second-order valence-corrected chi connectivity index (χ2v) is 5.08. The van der Waals surface area contributed by atoms with Crippen LogP contribution in [-0.2, 0) is 0 Å². The number of nitrogens with zero attached hydrogens (tertiary/aromatic N) is 4. The number of hydrogen-bond donors (Lipinski definition) is 2. The van der Waals surface area contributed by atoms with Crippen molar-refractivity contribution in [1.82, 2.24) is 19.7 Å². The van der Waals surface area contributed by atoms with E-state index in [1.807, 2.05) is 4.68 Å². The van der Waals surface area contributed by atoms with Gasteiger partial charge in [-0.15, -0.1) is 0 Å². The molecule has 0 amide bonds. The fraction of sp³-hybridized carbons (Fsp3) is 0.267. The Kier molecular flexibility index (Phi) is 3.53. The van der Waals surface area contributed by atoms with Crippen molar-refractivity contribution in [2.24, 2.45) is 5.73 Å². The highest BCUT2D eigenvalue weighted by atomic mass is 15.3. The first-order valence-corrected chi connectivity index (χ1v) is 6.90. The van der Waals surface area contributed by atoms with Gasteiger partial charge >= 0.3 is 0 Å². The monoisotopic (exact) mass is 282 g/mol. The zero-order valence-electron chi connectivity index (χ0n) is 12.2. The molecule has 2 aromatic heterocycles. The summed E-state index contributed by atoms with van der Waals surface area (Å²) in [5.74, 6) is 0.765. The van der Waals surface area contributed by atoms with E-state index in [4.69, 9.17) is 5.73 Å². The maximum Gasteiger partial charge on any atom is 0.168 e. The number of fused-ring (bicyclic) bond motifs is 1. The molecule has 6 nitrogen and oxygen atoms in total. The van der Waals surface area contributed by atoms with E-state index in [-0.39, 0.29) is 0 Å². The Labute approximate surface area is 123 Å². The summed E-state index contributed by atoms with van der Waals surface area (Å²) in [5, 5.41) is 8.55. The molecule has 0 bridgehead atoms. The van der Waals surface area contributed by atoms with Crippen molar-refractivity contribution in [2.45, 2.75) is 13.8 Å². The van der Waals surface area contributed by atoms with Crippen LogP contribution in [-0.4, -0.2) is 32.8 Å².